The van der Waals surface area contributed by atoms with Crippen molar-refractivity contribution in [1.29, 1.82) is 0 Å². The van der Waals surface area contributed by atoms with Gasteiger partial charge in [-0.2, -0.15) is 0 Å². The van der Waals surface area contributed by atoms with Crippen LogP contribution in [0.15, 0.2) is 39.9 Å². The van der Waals surface area contributed by atoms with Crippen molar-refractivity contribution in [3.63, 3.8) is 0 Å². The third kappa shape index (κ3) is 9.26. The highest BCUT2D eigenvalue weighted by molar-refractivity contribution is 14.0. The molecule has 1 heterocycles. The fourth-order valence-corrected chi connectivity index (χ4v) is 2.62. The molecule has 172 valence electrons. The highest BCUT2D eigenvalue weighted by Gasteiger charge is 2.19. The largest absolute Gasteiger partial charge is 0.443 e. The summed E-state index contributed by atoms with van der Waals surface area (Å²) in [5.74, 6) is 2.02. The molecule has 0 bridgehead atoms. The van der Waals surface area contributed by atoms with Gasteiger partial charge in [0.05, 0.1) is 12.7 Å². The molecule has 0 radical (unpaired) electrons. The van der Waals surface area contributed by atoms with E-state index in [1.54, 1.807) is 13.2 Å². The monoisotopic (exact) mass is 542 g/mol. The van der Waals surface area contributed by atoms with Crippen molar-refractivity contribution in [2.24, 2.45) is 4.99 Å². The lowest BCUT2D eigenvalue weighted by Crippen LogP contribution is -2.36. The Morgan fingerprint density at radius 2 is 1.87 bits per heavy atom. The Morgan fingerprint density at radius 1 is 1.16 bits per heavy atom. The Balaban J connectivity index is 0.00000480. The smallest absolute Gasteiger partial charge is 0.251 e. The molecule has 0 aliphatic carbocycles. The average molecular weight is 542 g/mol. The second-order valence-electron chi connectivity index (χ2n) is 8.41. The van der Waals surface area contributed by atoms with Gasteiger partial charge in [-0.1, -0.05) is 32.9 Å². The van der Waals surface area contributed by atoms with E-state index in [1.807, 2.05) is 43.3 Å². The summed E-state index contributed by atoms with van der Waals surface area (Å²) in [5, 5.41) is 9.37. The van der Waals surface area contributed by atoms with Crippen LogP contribution >= 0.6 is 24.0 Å². The topological polar surface area (TPSA) is 94.8 Å². The Morgan fingerprint density at radius 3 is 2.48 bits per heavy atom. The lowest BCUT2D eigenvalue weighted by atomic mass is 9.94. The van der Waals surface area contributed by atoms with Gasteiger partial charge >= 0.3 is 0 Å². The number of benzene rings is 1. The molecule has 1 amide bonds. The zero-order chi connectivity index (χ0) is 22.1. The maximum absolute atomic E-state index is 12.3. The van der Waals surface area contributed by atoms with Crippen molar-refractivity contribution >= 4 is 35.8 Å². The predicted octanol–water partition coefficient (Wildman–Crippen LogP) is 2.75. The minimum Gasteiger partial charge on any atom is -0.443 e. The van der Waals surface area contributed by atoms with Crippen molar-refractivity contribution < 1.29 is 9.21 Å². The van der Waals surface area contributed by atoms with Crippen LogP contribution < -0.4 is 16.0 Å². The zero-order valence-corrected chi connectivity index (χ0v) is 21.6. The number of halogens is 1. The van der Waals surface area contributed by atoms with E-state index < -0.39 is 0 Å². The molecule has 2 aromatic rings. The molecule has 31 heavy (non-hydrogen) atoms. The number of carbonyl (C=O) groups is 1. The molecule has 0 fully saturated rings. The van der Waals surface area contributed by atoms with Gasteiger partial charge in [-0.3, -0.25) is 9.79 Å². The van der Waals surface area contributed by atoms with Gasteiger partial charge in [0.2, 0.25) is 5.89 Å². The summed E-state index contributed by atoms with van der Waals surface area (Å²) in [6.07, 6.45) is 1.77. The molecule has 0 aliphatic heterocycles. The Kier molecular flexibility index (Phi) is 11.0. The number of aromatic nitrogens is 1. The second kappa shape index (κ2) is 12.7. The lowest BCUT2D eigenvalue weighted by Gasteiger charge is -2.14. The van der Waals surface area contributed by atoms with Crippen LogP contribution in [0.5, 0.6) is 0 Å². The predicted molar refractivity (Wildman–Crippen MR) is 135 cm³/mol. The molecule has 0 aliphatic rings. The SMILES string of the molecule is CN=C(NCc1cccc(C(=O)NCCN(C)C)c1)NCc1ncc(C(C)(C)C)o1.I. The number of amides is 1. The van der Waals surface area contributed by atoms with Gasteiger partial charge in [0.1, 0.15) is 5.76 Å². The second-order valence-corrected chi connectivity index (χ2v) is 8.41. The molecule has 8 nitrogen and oxygen atoms in total. The van der Waals surface area contributed by atoms with Crippen LogP contribution in [0.1, 0.15) is 48.3 Å². The van der Waals surface area contributed by atoms with Crippen molar-refractivity contribution in [3.8, 4) is 0 Å². The van der Waals surface area contributed by atoms with Crippen LogP contribution in [-0.2, 0) is 18.5 Å². The van der Waals surface area contributed by atoms with Crippen molar-refractivity contribution in [2.75, 3.05) is 34.2 Å². The number of nitrogens with one attached hydrogen (secondary N) is 3. The third-order valence-electron chi connectivity index (χ3n) is 4.42. The number of hydrogen-bond acceptors (Lipinski definition) is 5. The normalized spacial score (nSPS) is 11.8. The highest BCUT2D eigenvalue weighted by Crippen LogP contribution is 2.22. The Labute approximate surface area is 202 Å². The molecule has 0 saturated heterocycles. The van der Waals surface area contributed by atoms with E-state index in [1.165, 1.54) is 0 Å². The summed E-state index contributed by atoms with van der Waals surface area (Å²) in [6.45, 7) is 8.65. The van der Waals surface area contributed by atoms with Crippen LogP contribution in [0.2, 0.25) is 0 Å². The van der Waals surface area contributed by atoms with E-state index in [2.05, 4.69) is 46.7 Å². The van der Waals surface area contributed by atoms with Crippen molar-refractivity contribution in [2.45, 2.75) is 39.3 Å². The highest BCUT2D eigenvalue weighted by atomic mass is 127. The molecule has 0 saturated carbocycles. The summed E-state index contributed by atoms with van der Waals surface area (Å²) in [7, 11) is 5.66. The number of nitrogens with zero attached hydrogens (tertiary/aromatic N) is 3. The van der Waals surface area contributed by atoms with Crippen LogP contribution in [-0.4, -0.2) is 56.0 Å². The fraction of sp³-hybridized carbons (Fsp3) is 0.500. The number of carbonyl (C=O) groups excluding carboxylic acids is 1. The number of likely N-dealkylation sites (N-methyl/N-ethyl adjacent to an activating group) is 1. The number of hydrogen-bond donors (Lipinski definition) is 3. The number of rotatable bonds is 8. The molecule has 0 spiro atoms. The van der Waals surface area contributed by atoms with Gasteiger partial charge < -0.3 is 25.3 Å². The number of oxazole rings is 1. The first kappa shape index (κ1) is 26.9. The van der Waals surface area contributed by atoms with E-state index in [4.69, 9.17) is 4.42 Å². The summed E-state index contributed by atoms with van der Waals surface area (Å²) in [4.78, 5) is 22.9. The maximum atomic E-state index is 12.3. The zero-order valence-electron chi connectivity index (χ0n) is 19.3. The minimum atomic E-state index is -0.0745. The molecule has 1 aromatic heterocycles. The van der Waals surface area contributed by atoms with Crippen LogP contribution in [0, 0.1) is 0 Å². The van der Waals surface area contributed by atoms with E-state index >= 15 is 0 Å². The molecule has 9 heteroatoms. The molecule has 0 unspecified atom stereocenters. The average Bonchev–Trinajstić information content (AvgIpc) is 3.17. The first-order valence-electron chi connectivity index (χ1n) is 10.1. The third-order valence-corrected chi connectivity index (χ3v) is 4.42. The standard InChI is InChI=1S/C22H34N6O2.HI/c1-22(2,3)18-14-25-19(30-18)15-27-21(23-4)26-13-16-8-7-9-17(12-16)20(29)24-10-11-28(5)6;/h7-9,12,14H,10-11,13,15H2,1-6H3,(H,24,29)(H2,23,26,27);1H. The molecule has 0 atom stereocenters. The maximum Gasteiger partial charge on any atom is 0.251 e. The van der Waals surface area contributed by atoms with Crippen LogP contribution in [0.4, 0.5) is 0 Å². The van der Waals surface area contributed by atoms with Gasteiger partial charge in [0, 0.05) is 37.7 Å². The van der Waals surface area contributed by atoms with Gasteiger partial charge in [0.15, 0.2) is 5.96 Å². The van der Waals surface area contributed by atoms with Gasteiger partial charge in [0.25, 0.3) is 5.91 Å². The van der Waals surface area contributed by atoms with Crippen molar-refractivity contribution in [3.05, 3.63) is 53.2 Å². The summed E-state index contributed by atoms with van der Waals surface area (Å²) < 4.78 is 5.79. The number of guanidine groups is 1. The van der Waals surface area contributed by atoms with Gasteiger partial charge in [-0.25, -0.2) is 4.98 Å². The van der Waals surface area contributed by atoms with E-state index in [9.17, 15) is 4.79 Å². The summed E-state index contributed by atoms with van der Waals surface area (Å²) >= 11 is 0. The lowest BCUT2D eigenvalue weighted by molar-refractivity contribution is 0.0951. The molecular weight excluding hydrogens is 507 g/mol. The quantitative estimate of drug-likeness (QED) is 0.270. The van der Waals surface area contributed by atoms with Gasteiger partial charge in [-0.05, 0) is 31.8 Å². The number of aliphatic imine (C=N–C) groups is 1. The van der Waals surface area contributed by atoms with Crippen molar-refractivity contribution in [1.82, 2.24) is 25.8 Å². The first-order chi connectivity index (χ1) is 14.2. The molecule has 2 rings (SSSR count). The Bertz CT molecular complexity index is 858. The van der Waals surface area contributed by atoms with Crippen LogP contribution in [0.25, 0.3) is 0 Å². The summed E-state index contributed by atoms with van der Waals surface area (Å²) in [6, 6.07) is 7.56. The Hall–Kier alpha value is -2.14. The first-order valence-corrected chi connectivity index (χ1v) is 10.1. The van der Waals surface area contributed by atoms with Crippen LogP contribution in [0.3, 0.4) is 0 Å². The molecule has 1 aromatic carbocycles. The fourth-order valence-electron chi connectivity index (χ4n) is 2.62. The van der Waals surface area contributed by atoms with Gasteiger partial charge in [-0.15, -0.1) is 24.0 Å². The van der Waals surface area contributed by atoms with E-state index in [0.717, 1.165) is 17.9 Å². The van der Waals surface area contributed by atoms with E-state index in [0.29, 0.717) is 37.0 Å². The molecular formula is C22H35IN6O2. The summed E-state index contributed by atoms with van der Waals surface area (Å²) in [5.41, 5.74) is 1.56. The molecule has 3 N–H and O–H groups in total. The minimum absolute atomic E-state index is 0. The van der Waals surface area contributed by atoms with E-state index in [-0.39, 0.29) is 35.3 Å².